The number of nitrogens with zero attached hydrogens (tertiary/aromatic N) is 2. The van der Waals surface area contributed by atoms with E-state index in [1.807, 2.05) is 0 Å². The molecule has 1 rings (SSSR count). The smallest absolute Gasteiger partial charge is 0.310 e. The number of carbonyl (C=O) groups is 1. The van der Waals surface area contributed by atoms with Crippen molar-refractivity contribution in [2.24, 2.45) is 0 Å². The Hall–Kier alpha value is -2.18. The molecule has 92 valence electrons. The zero-order chi connectivity index (χ0) is 12.7. The lowest BCUT2D eigenvalue weighted by atomic mass is 10.3. The van der Waals surface area contributed by atoms with Crippen LogP contribution in [0, 0.1) is 10.1 Å². The number of esters is 1. The third-order valence-corrected chi connectivity index (χ3v) is 1.95. The van der Waals surface area contributed by atoms with Crippen LogP contribution >= 0.6 is 0 Å². The van der Waals surface area contributed by atoms with E-state index in [4.69, 9.17) is 4.74 Å². The van der Waals surface area contributed by atoms with Crippen molar-refractivity contribution in [3.8, 4) is 0 Å². The fraction of sp³-hybridized carbons (Fsp3) is 0.400. The van der Waals surface area contributed by atoms with Crippen LogP contribution in [0.5, 0.6) is 0 Å². The standard InChI is InChI=1S/C10H13N3O4/c1-2-17-10(14)4-6-12-8-3-5-11-7-9(8)13(15)16/h3,5,7H,2,4,6H2,1H3,(H,11,12). The first-order chi connectivity index (χ1) is 8.15. The summed E-state index contributed by atoms with van der Waals surface area (Å²) in [5, 5.41) is 13.5. The predicted molar refractivity (Wildman–Crippen MR) is 60.6 cm³/mol. The largest absolute Gasteiger partial charge is 0.466 e. The molecule has 0 saturated heterocycles. The number of nitro groups is 1. The van der Waals surface area contributed by atoms with Crippen LogP contribution in [0.4, 0.5) is 11.4 Å². The van der Waals surface area contributed by atoms with Gasteiger partial charge in [-0.05, 0) is 13.0 Å². The lowest BCUT2D eigenvalue weighted by Crippen LogP contribution is -2.12. The van der Waals surface area contributed by atoms with Crippen LogP contribution in [0.2, 0.25) is 0 Å². The molecule has 7 heteroatoms. The molecule has 17 heavy (non-hydrogen) atoms. The van der Waals surface area contributed by atoms with Crippen molar-refractivity contribution in [3.05, 3.63) is 28.6 Å². The number of anilines is 1. The van der Waals surface area contributed by atoms with Gasteiger partial charge in [0.05, 0.1) is 18.0 Å². The second-order valence-corrected chi connectivity index (χ2v) is 3.13. The van der Waals surface area contributed by atoms with Gasteiger partial charge in [-0.25, -0.2) is 0 Å². The number of rotatable bonds is 6. The number of aromatic nitrogens is 1. The van der Waals surface area contributed by atoms with Crippen molar-refractivity contribution < 1.29 is 14.5 Å². The average Bonchev–Trinajstić information content (AvgIpc) is 2.30. The highest BCUT2D eigenvalue weighted by molar-refractivity contribution is 5.70. The fourth-order valence-electron chi connectivity index (χ4n) is 1.21. The molecule has 0 aliphatic carbocycles. The van der Waals surface area contributed by atoms with Crippen LogP contribution in [-0.4, -0.2) is 29.0 Å². The number of ether oxygens (including phenoxy) is 1. The summed E-state index contributed by atoms with van der Waals surface area (Å²) in [6.45, 7) is 2.33. The number of hydrogen-bond acceptors (Lipinski definition) is 6. The van der Waals surface area contributed by atoms with Crippen molar-refractivity contribution >= 4 is 17.3 Å². The first-order valence-corrected chi connectivity index (χ1v) is 5.13. The van der Waals surface area contributed by atoms with E-state index in [1.54, 1.807) is 6.92 Å². The Labute approximate surface area is 98.0 Å². The highest BCUT2D eigenvalue weighted by atomic mass is 16.6. The molecule has 1 heterocycles. The summed E-state index contributed by atoms with van der Waals surface area (Å²) in [6, 6.07) is 1.49. The molecule has 0 radical (unpaired) electrons. The van der Waals surface area contributed by atoms with Crippen LogP contribution < -0.4 is 5.32 Å². The third kappa shape index (κ3) is 4.06. The number of carbonyl (C=O) groups excluding carboxylic acids is 1. The molecule has 0 aromatic carbocycles. The molecule has 1 N–H and O–H groups in total. The number of pyridine rings is 1. The van der Waals surface area contributed by atoms with E-state index in [9.17, 15) is 14.9 Å². The lowest BCUT2D eigenvalue weighted by Gasteiger charge is -2.06. The van der Waals surface area contributed by atoms with E-state index < -0.39 is 4.92 Å². The molecule has 0 atom stereocenters. The SMILES string of the molecule is CCOC(=O)CCNc1ccncc1[N+](=O)[O-]. The highest BCUT2D eigenvalue weighted by Gasteiger charge is 2.12. The van der Waals surface area contributed by atoms with Crippen molar-refractivity contribution in [3.63, 3.8) is 0 Å². The van der Waals surface area contributed by atoms with Gasteiger partial charge in [-0.15, -0.1) is 0 Å². The third-order valence-electron chi connectivity index (χ3n) is 1.95. The zero-order valence-electron chi connectivity index (χ0n) is 9.38. The van der Waals surface area contributed by atoms with Gasteiger partial charge in [0.25, 0.3) is 0 Å². The van der Waals surface area contributed by atoms with E-state index >= 15 is 0 Å². The van der Waals surface area contributed by atoms with Gasteiger partial charge >= 0.3 is 11.7 Å². The second kappa shape index (κ2) is 6.41. The first kappa shape index (κ1) is 12.9. The summed E-state index contributed by atoms with van der Waals surface area (Å²) in [4.78, 5) is 24.8. The van der Waals surface area contributed by atoms with E-state index in [-0.39, 0.29) is 24.6 Å². The predicted octanol–water partition coefficient (Wildman–Crippen LogP) is 1.35. The molecule has 0 unspecified atom stereocenters. The Balaban J connectivity index is 2.52. The van der Waals surface area contributed by atoms with E-state index in [0.29, 0.717) is 12.3 Å². The number of nitrogens with one attached hydrogen (secondary N) is 1. The average molecular weight is 239 g/mol. The molecule has 1 aromatic rings. The monoisotopic (exact) mass is 239 g/mol. The maximum absolute atomic E-state index is 11.0. The molecular weight excluding hydrogens is 226 g/mol. The van der Waals surface area contributed by atoms with Crippen LogP contribution in [0.15, 0.2) is 18.5 Å². The molecule has 0 aliphatic rings. The van der Waals surface area contributed by atoms with Crippen LogP contribution in [0.25, 0.3) is 0 Å². The molecule has 0 bridgehead atoms. The van der Waals surface area contributed by atoms with Gasteiger partial charge in [0.1, 0.15) is 11.9 Å². The summed E-state index contributed by atoms with van der Waals surface area (Å²) in [5.74, 6) is -0.336. The minimum Gasteiger partial charge on any atom is -0.466 e. The second-order valence-electron chi connectivity index (χ2n) is 3.13. The highest BCUT2D eigenvalue weighted by Crippen LogP contribution is 2.21. The first-order valence-electron chi connectivity index (χ1n) is 5.13. The van der Waals surface area contributed by atoms with Gasteiger partial charge in [0.15, 0.2) is 0 Å². The minimum atomic E-state index is -0.528. The van der Waals surface area contributed by atoms with Gasteiger partial charge in [0.2, 0.25) is 0 Å². The molecule has 7 nitrogen and oxygen atoms in total. The maximum atomic E-state index is 11.0. The molecular formula is C10H13N3O4. The van der Waals surface area contributed by atoms with Gasteiger partial charge in [0, 0.05) is 12.7 Å². The Morgan fingerprint density at radius 1 is 1.65 bits per heavy atom. The maximum Gasteiger partial charge on any atom is 0.310 e. The summed E-state index contributed by atoms with van der Waals surface area (Å²) in [5.41, 5.74) is 0.227. The Morgan fingerprint density at radius 3 is 3.06 bits per heavy atom. The van der Waals surface area contributed by atoms with Crippen LogP contribution in [-0.2, 0) is 9.53 Å². The van der Waals surface area contributed by atoms with E-state index in [2.05, 4.69) is 10.3 Å². The minimum absolute atomic E-state index is 0.114. The van der Waals surface area contributed by atoms with E-state index in [1.165, 1.54) is 12.3 Å². The molecule has 0 aliphatic heterocycles. The molecule has 0 fully saturated rings. The summed E-state index contributed by atoms with van der Waals surface area (Å²) in [7, 11) is 0. The summed E-state index contributed by atoms with van der Waals surface area (Å²) >= 11 is 0. The Kier molecular flexibility index (Phi) is 4.86. The normalized spacial score (nSPS) is 9.71. The molecule has 0 spiro atoms. The fourth-order valence-corrected chi connectivity index (χ4v) is 1.21. The van der Waals surface area contributed by atoms with Crippen LogP contribution in [0.3, 0.4) is 0 Å². The Bertz CT molecular complexity index is 408. The van der Waals surface area contributed by atoms with E-state index in [0.717, 1.165) is 6.20 Å². The number of hydrogen-bond donors (Lipinski definition) is 1. The molecule has 0 amide bonds. The topological polar surface area (TPSA) is 94.4 Å². The quantitative estimate of drug-likeness (QED) is 0.457. The summed E-state index contributed by atoms with van der Waals surface area (Å²) < 4.78 is 4.73. The molecule has 0 saturated carbocycles. The van der Waals surface area contributed by atoms with Crippen molar-refractivity contribution in [1.82, 2.24) is 4.98 Å². The van der Waals surface area contributed by atoms with Gasteiger partial charge < -0.3 is 10.1 Å². The van der Waals surface area contributed by atoms with Crippen LogP contribution in [0.1, 0.15) is 13.3 Å². The summed E-state index contributed by atoms with van der Waals surface area (Å²) in [6.07, 6.45) is 2.76. The lowest BCUT2D eigenvalue weighted by molar-refractivity contribution is -0.384. The zero-order valence-corrected chi connectivity index (χ0v) is 9.38. The Morgan fingerprint density at radius 2 is 2.41 bits per heavy atom. The van der Waals surface area contributed by atoms with Gasteiger partial charge in [-0.1, -0.05) is 0 Å². The van der Waals surface area contributed by atoms with Gasteiger partial charge in [-0.3, -0.25) is 19.9 Å². The molecule has 1 aromatic heterocycles. The van der Waals surface area contributed by atoms with Crippen molar-refractivity contribution in [2.45, 2.75) is 13.3 Å². The van der Waals surface area contributed by atoms with Crippen molar-refractivity contribution in [1.29, 1.82) is 0 Å². The van der Waals surface area contributed by atoms with Gasteiger partial charge in [-0.2, -0.15) is 0 Å². The van der Waals surface area contributed by atoms with Crippen molar-refractivity contribution in [2.75, 3.05) is 18.5 Å².